The van der Waals surface area contributed by atoms with Gasteiger partial charge in [-0.3, -0.25) is 24.1 Å². The second-order valence-electron chi connectivity index (χ2n) is 11.0. The molecule has 2 rings (SSSR count). The molecule has 2 heterocycles. The van der Waals surface area contributed by atoms with Crippen LogP contribution in [0.15, 0.2) is 24.8 Å². The molecule has 8 N–H and O–H groups in total. The lowest BCUT2D eigenvalue weighted by Crippen LogP contribution is -2.51. The maximum Gasteiger partial charge on any atom is 0.326 e. The molecule has 0 spiro atoms. The summed E-state index contributed by atoms with van der Waals surface area (Å²) in [5.41, 5.74) is 0. The molecule has 0 aliphatic heterocycles. The van der Waals surface area contributed by atoms with Crippen LogP contribution in [0.2, 0.25) is 0 Å². The van der Waals surface area contributed by atoms with E-state index in [1.165, 1.54) is 33.9 Å². The number of hydrogen-bond acceptors (Lipinski definition) is 11. The molecule has 0 radical (unpaired) electrons. The van der Waals surface area contributed by atoms with Crippen molar-refractivity contribution in [2.24, 2.45) is 0 Å². The smallest absolute Gasteiger partial charge is 0.326 e. The van der Waals surface area contributed by atoms with E-state index in [-0.39, 0.29) is 71.1 Å². The van der Waals surface area contributed by atoms with E-state index < -0.39 is 54.4 Å². The van der Waals surface area contributed by atoms with Gasteiger partial charge >= 0.3 is 35.9 Å². The Bertz CT molecular complexity index is 1400. The van der Waals surface area contributed by atoms with Crippen molar-refractivity contribution < 1.29 is 63.8 Å². The van der Waals surface area contributed by atoms with Crippen LogP contribution in [-0.4, -0.2) is 130 Å². The van der Waals surface area contributed by atoms with Gasteiger partial charge < -0.3 is 55.4 Å². The summed E-state index contributed by atoms with van der Waals surface area (Å²) in [6, 6.07) is -3.93. The highest BCUT2D eigenvalue weighted by molar-refractivity contribution is 5.86. The number of carboxylic acid groups (broad SMARTS) is 5. The number of nitrogens with zero attached hydrogens (tertiary/aromatic N) is 5. The highest BCUT2D eigenvalue weighted by Gasteiger charge is 2.25. The highest BCUT2D eigenvalue weighted by Crippen LogP contribution is 2.10. The minimum absolute atomic E-state index is 0.0157. The zero-order valence-electron chi connectivity index (χ0n) is 27.1. The van der Waals surface area contributed by atoms with Crippen LogP contribution in [0.4, 0.5) is 4.79 Å². The molecule has 0 aromatic carbocycles. The molecule has 50 heavy (non-hydrogen) atoms. The minimum atomic E-state index is -1.51. The quantitative estimate of drug-likeness (QED) is 0.0544. The molecule has 0 aliphatic carbocycles. The number of unbranched alkanes of at least 4 members (excludes halogenated alkanes) is 1. The molecule has 21 nitrogen and oxygen atoms in total. The maximum absolute atomic E-state index is 12.3. The highest BCUT2D eigenvalue weighted by atomic mass is 16.5. The second-order valence-corrected chi connectivity index (χ2v) is 11.0. The lowest BCUT2D eigenvalue weighted by Gasteiger charge is -2.22. The van der Waals surface area contributed by atoms with E-state index in [9.17, 15) is 48.9 Å². The van der Waals surface area contributed by atoms with E-state index in [1.807, 2.05) is 10.2 Å². The van der Waals surface area contributed by atoms with Crippen LogP contribution in [0, 0.1) is 0 Å². The van der Waals surface area contributed by atoms with Crippen LogP contribution in [-0.2, 0) is 59.7 Å². The predicted octanol–water partition coefficient (Wildman–Crippen LogP) is -0.985. The van der Waals surface area contributed by atoms with Crippen molar-refractivity contribution in [3.63, 3.8) is 0 Å². The van der Waals surface area contributed by atoms with Crippen molar-refractivity contribution in [2.75, 3.05) is 26.3 Å². The first-order chi connectivity index (χ1) is 23.7. The van der Waals surface area contributed by atoms with Crippen LogP contribution in [0.1, 0.15) is 50.2 Å². The summed E-state index contributed by atoms with van der Waals surface area (Å²) >= 11 is 0. The monoisotopic (exact) mass is 710 g/mol. The number of aromatic nitrogens is 4. The van der Waals surface area contributed by atoms with Crippen molar-refractivity contribution in [3.8, 4) is 0 Å². The SMILES string of the molecule is O=C(O)CC[C@H](NC(=O)N[C@@H](CCCCNC(=O)CCOCCN(Cc1nccn1CC(=O)O)Cc1nccn1CC(=O)O)C(=O)O)C(=O)O. The lowest BCUT2D eigenvalue weighted by atomic mass is 10.1. The van der Waals surface area contributed by atoms with E-state index in [0.717, 1.165) is 0 Å². The largest absolute Gasteiger partial charge is 0.481 e. The fourth-order valence-corrected chi connectivity index (χ4v) is 4.57. The average molecular weight is 711 g/mol. The molecular weight excluding hydrogens is 668 g/mol. The Morgan fingerprint density at radius 3 is 1.76 bits per heavy atom. The topological polar surface area (TPSA) is 305 Å². The Hall–Kier alpha value is -5.57. The molecule has 276 valence electrons. The fraction of sp³-hybridized carbons (Fsp3) is 0.552. The summed E-state index contributed by atoms with van der Waals surface area (Å²) in [7, 11) is 0. The molecule has 2 aromatic heterocycles. The van der Waals surface area contributed by atoms with E-state index in [4.69, 9.17) is 14.9 Å². The lowest BCUT2D eigenvalue weighted by molar-refractivity contribution is -0.141. The van der Waals surface area contributed by atoms with Gasteiger partial charge in [-0.15, -0.1) is 0 Å². The number of carboxylic acids is 5. The van der Waals surface area contributed by atoms with Crippen LogP contribution < -0.4 is 16.0 Å². The van der Waals surface area contributed by atoms with Gasteiger partial charge in [0.25, 0.3) is 0 Å². The molecule has 0 unspecified atom stereocenters. The van der Waals surface area contributed by atoms with E-state index >= 15 is 0 Å². The van der Waals surface area contributed by atoms with E-state index in [1.54, 1.807) is 0 Å². The zero-order chi connectivity index (χ0) is 37.1. The van der Waals surface area contributed by atoms with Gasteiger partial charge in [-0.05, 0) is 25.7 Å². The average Bonchev–Trinajstić information content (AvgIpc) is 3.65. The van der Waals surface area contributed by atoms with Gasteiger partial charge in [0.1, 0.15) is 36.8 Å². The van der Waals surface area contributed by atoms with Crippen LogP contribution in [0.25, 0.3) is 0 Å². The summed E-state index contributed by atoms with van der Waals surface area (Å²) in [5.74, 6) is -5.53. The van der Waals surface area contributed by atoms with Crippen LogP contribution in [0.5, 0.6) is 0 Å². The summed E-state index contributed by atoms with van der Waals surface area (Å²) < 4.78 is 8.58. The van der Waals surface area contributed by atoms with Gasteiger partial charge in [0.05, 0.1) is 26.3 Å². The summed E-state index contributed by atoms with van der Waals surface area (Å²) in [6.07, 6.45) is 5.81. The number of carbonyl (C=O) groups is 7. The summed E-state index contributed by atoms with van der Waals surface area (Å²) in [5, 5.41) is 52.5. The zero-order valence-corrected chi connectivity index (χ0v) is 27.1. The van der Waals surface area contributed by atoms with Gasteiger partial charge in [-0.25, -0.2) is 24.4 Å². The molecule has 2 atom stereocenters. The first-order valence-electron chi connectivity index (χ1n) is 15.5. The van der Waals surface area contributed by atoms with Gasteiger partial charge in [-0.2, -0.15) is 0 Å². The minimum Gasteiger partial charge on any atom is -0.481 e. The summed E-state index contributed by atoms with van der Waals surface area (Å²) in [4.78, 5) is 90.6. The Labute approximate surface area is 285 Å². The molecule has 0 saturated carbocycles. The third-order valence-corrected chi connectivity index (χ3v) is 7.07. The molecule has 0 fully saturated rings. The van der Waals surface area contributed by atoms with Gasteiger partial charge in [0.2, 0.25) is 5.91 Å². The van der Waals surface area contributed by atoms with E-state index in [0.29, 0.717) is 31.0 Å². The Balaban J connectivity index is 1.75. The number of rotatable bonds is 26. The van der Waals surface area contributed by atoms with Crippen molar-refractivity contribution in [2.45, 2.75) is 76.8 Å². The number of nitrogens with one attached hydrogen (secondary N) is 3. The van der Waals surface area contributed by atoms with Crippen molar-refractivity contribution >= 4 is 41.8 Å². The number of ether oxygens (including phenoxy) is 1. The normalized spacial score (nSPS) is 12.2. The number of amides is 3. The van der Waals surface area contributed by atoms with Gasteiger partial charge in [0.15, 0.2) is 0 Å². The number of urea groups is 1. The maximum atomic E-state index is 12.3. The number of hydrogen-bond donors (Lipinski definition) is 8. The fourth-order valence-electron chi connectivity index (χ4n) is 4.57. The van der Waals surface area contributed by atoms with E-state index in [2.05, 4.69) is 20.6 Å². The van der Waals surface area contributed by atoms with Crippen LogP contribution in [0.3, 0.4) is 0 Å². The van der Waals surface area contributed by atoms with Gasteiger partial charge in [0, 0.05) is 50.7 Å². The molecule has 0 saturated heterocycles. The molecular formula is C29H42N8O13. The van der Waals surface area contributed by atoms with Crippen molar-refractivity contribution in [1.29, 1.82) is 0 Å². The Morgan fingerprint density at radius 1 is 0.720 bits per heavy atom. The number of aliphatic carboxylic acids is 5. The van der Waals surface area contributed by atoms with Crippen molar-refractivity contribution in [3.05, 3.63) is 36.4 Å². The number of imidazole rings is 2. The van der Waals surface area contributed by atoms with Gasteiger partial charge in [-0.1, -0.05) is 0 Å². The Morgan fingerprint density at radius 2 is 1.26 bits per heavy atom. The number of carbonyl (C=O) groups excluding carboxylic acids is 2. The predicted molar refractivity (Wildman–Crippen MR) is 168 cm³/mol. The first kappa shape index (κ1) is 40.6. The molecule has 0 bridgehead atoms. The second kappa shape index (κ2) is 21.4. The molecule has 3 amide bonds. The summed E-state index contributed by atoms with van der Waals surface area (Å²) in [6.45, 7) is 0.629. The standard InChI is InChI=1S/C29H42N8O13/c38-23(32-7-2-1-3-19(27(45)46)33-29(49)34-20(28(47)48)4-5-24(39)40)6-13-50-14-12-35(15-21-30-8-10-36(21)17-25(41)42)16-22-31-9-11-37(22)18-26(43)44/h8-11,19-20H,1-7,12-18H2,(H,32,38)(H,39,40)(H,41,42)(H,43,44)(H,45,46)(H,47,48)(H2,33,34,49)/t19-,20-/m0/s1. The van der Waals surface area contributed by atoms with Crippen molar-refractivity contribution in [1.82, 2.24) is 40.0 Å². The Kier molecular flexibility index (Phi) is 17.4. The molecule has 21 heteroatoms. The third kappa shape index (κ3) is 16.0. The first-order valence-corrected chi connectivity index (χ1v) is 15.5. The molecule has 2 aromatic rings. The van der Waals surface area contributed by atoms with Crippen LogP contribution >= 0.6 is 0 Å². The molecule has 0 aliphatic rings. The third-order valence-electron chi connectivity index (χ3n) is 7.07.